The molecule has 0 saturated carbocycles. The minimum Gasteiger partial charge on any atom is -0.308 e. The van der Waals surface area contributed by atoms with Crippen molar-refractivity contribution in [3.05, 3.63) is 63.1 Å². The number of hydrogen-bond acceptors (Lipinski definition) is 1. The van der Waals surface area contributed by atoms with Crippen molar-refractivity contribution in [1.82, 2.24) is 0 Å². The molecule has 0 aromatic heterocycles. The van der Waals surface area contributed by atoms with Crippen molar-refractivity contribution >= 4 is 39.1 Å². The number of hydrogen-bond donors (Lipinski definition) is 0. The molecular weight excluding hydrogens is 326 g/mol. The molecule has 96 valence electrons. The van der Waals surface area contributed by atoms with Gasteiger partial charge in [0, 0.05) is 22.3 Å². The molecule has 0 bridgehead atoms. The topological polar surface area (TPSA) is 20.3 Å². The highest BCUT2D eigenvalue weighted by Gasteiger charge is 2.25. The van der Waals surface area contributed by atoms with Crippen LogP contribution in [-0.4, -0.2) is 12.5 Å². The molecule has 0 unspecified atom stereocenters. The van der Waals surface area contributed by atoms with Gasteiger partial charge in [0.1, 0.15) is 0 Å². The summed E-state index contributed by atoms with van der Waals surface area (Å²) in [6.45, 7) is 0.698. The van der Waals surface area contributed by atoms with Gasteiger partial charge in [-0.1, -0.05) is 29.8 Å². The summed E-state index contributed by atoms with van der Waals surface area (Å²) in [5.41, 5.74) is 2.78. The van der Waals surface area contributed by atoms with E-state index in [0.29, 0.717) is 11.6 Å². The second kappa shape index (κ2) is 4.99. The number of halogens is 2. The van der Waals surface area contributed by atoms with Crippen molar-refractivity contribution in [2.24, 2.45) is 0 Å². The SMILES string of the molecule is O=C1c2ccccc2CCN1c1ccc(Cl)c(Br)c1. The van der Waals surface area contributed by atoms with E-state index >= 15 is 0 Å². The van der Waals surface area contributed by atoms with Crippen molar-refractivity contribution < 1.29 is 4.79 Å². The van der Waals surface area contributed by atoms with Gasteiger partial charge in [-0.3, -0.25) is 4.79 Å². The highest BCUT2D eigenvalue weighted by Crippen LogP contribution is 2.30. The molecule has 0 N–H and O–H groups in total. The van der Waals surface area contributed by atoms with Gasteiger partial charge in [-0.2, -0.15) is 0 Å². The van der Waals surface area contributed by atoms with Crippen molar-refractivity contribution in [2.45, 2.75) is 6.42 Å². The molecule has 0 atom stereocenters. The van der Waals surface area contributed by atoms with Gasteiger partial charge in [-0.25, -0.2) is 0 Å². The number of carbonyl (C=O) groups is 1. The smallest absolute Gasteiger partial charge is 0.258 e. The van der Waals surface area contributed by atoms with E-state index in [9.17, 15) is 4.79 Å². The van der Waals surface area contributed by atoms with Crippen molar-refractivity contribution in [3.63, 3.8) is 0 Å². The Balaban J connectivity index is 2.00. The van der Waals surface area contributed by atoms with Gasteiger partial charge in [-0.05, 0) is 52.2 Å². The van der Waals surface area contributed by atoms with Gasteiger partial charge in [-0.15, -0.1) is 0 Å². The fraction of sp³-hybridized carbons (Fsp3) is 0.133. The molecule has 2 nitrogen and oxygen atoms in total. The summed E-state index contributed by atoms with van der Waals surface area (Å²) >= 11 is 9.38. The molecule has 2 aromatic carbocycles. The summed E-state index contributed by atoms with van der Waals surface area (Å²) in [7, 11) is 0. The summed E-state index contributed by atoms with van der Waals surface area (Å²) < 4.78 is 0.804. The standard InChI is InChI=1S/C15H11BrClNO/c16-13-9-11(5-6-14(13)17)18-8-7-10-3-1-2-4-12(10)15(18)19/h1-6,9H,7-8H2. The van der Waals surface area contributed by atoms with Crippen LogP contribution >= 0.6 is 27.5 Å². The molecule has 0 saturated heterocycles. The number of benzene rings is 2. The Morgan fingerprint density at radius 2 is 1.95 bits per heavy atom. The first-order valence-corrected chi connectivity index (χ1v) is 7.19. The summed E-state index contributed by atoms with van der Waals surface area (Å²) in [6.07, 6.45) is 0.877. The van der Waals surface area contributed by atoms with Crippen molar-refractivity contribution in [1.29, 1.82) is 0 Å². The lowest BCUT2D eigenvalue weighted by atomic mass is 9.99. The fourth-order valence-corrected chi connectivity index (χ4v) is 2.81. The second-order valence-electron chi connectivity index (χ2n) is 4.46. The molecule has 1 aliphatic heterocycles. The predicted octanol–water partition coefficient (Wildman–Crippen LogP) is 4.31. The van der Waals surface area contributed by atoms with E-state index in [1.165, 1.54) is 0 Å². The summed E-state index contributed by atoms with van der Waals surface area (Å²) in [5, 5.41) is 0.647. The molecule has 2 aromatic rings. The Morgan fingerprint density at radius 3 is 2.74 bits per heavy atom. The lowest BCUT2D eigenvalue weighted by Gasteiger charge is -2.28. The largest absolute Gasteiger partial charge is 0.308 e. The van der Waals surface area contributed by atoms with E-state index in [4.69, 9.17) is 11.6 Å². The zero-order valence-electron chi connectivity index (χ0n) is 10.1. The maximum Gasteiger partial charge on any atom is 0.258 e. The minimum absolute atomic E-state index is 0.0519. The first-order valence-electron chi connectivity index (χ1n) is 6.01. The summed E-state index contributed by atoms with van der Waals surface area (Å²) in [4.78, 5) is 14.3. The first kappa shape index (κ1) is 12.7. The molecule has 1 amide bonds. The molecule has 0 spiro atoms. The molecule has 1 heterocycles. The normalized spacial score (nSPS) is 14.4. The number of anilines is 1. The number of amides is 1. The third kappa shape index (κ3) is 2.28. The third-order valence-electron chi connectivity index (χ3n) is 3.31. The molecule has 3 rings (SSSR count). The molecule has 1 aliphatic rings. The van der Waals surface area contributed by atoms with Crippen molar-refractivity contribution in [2.75, 3.05) is 11.4 Å². The summed E-state index contributed by atoms with van der Waals surface area (Å²) in [6, 6.07) is 13.3. The van der Waals surface area contributed by atoms with Crippen LogP contribution in [0, 0.1) is 0 Å². The maximum absolute atomic E-state index is 12.5. The Morgan fingerprint density at radius 1 is 1.16 bits per heavy atom. The van der Waals surface area contributed by atoms with Gasteiger partial charge in [0.25, 0.3) is 5.91 Å². The zero-order chi connectivity index (χ0) is 13.4. The predicted molar refractivity (Wildman–Crippen MR) is 81.0 cm³/mol. The Labute approximate surface area is 125 Å². The monoisotopic (exact) mass is 335 g/mol. The van der Waals surface area contributed by atoms with E-state index in [-0.39, 0.29) is 5.91 Å². The average molecular weight is 337 g/mol. The van der Waals surface area contributed by atoms with E-state index in [0.717, 1.165) is 27.7 Å². The second-order valence-corrected chi connectivity index (χ2v) is 5.72. The van der Waals surface area contributed by atoms with Gasteiger partial charge >= 0.3 is 0 Å². The van der Waals surface area contributed by atoms with Crippen LogP contribution in [-0.2, 0) is 6.42 Å². The van der Waals surface area contributed by atoms with Gasteiger partial charge in [0.2, 0.25) is 0 Å². The Kier molecular flexibility index (Phi) is 3.33. The molecule has 4 heteroatoms. The molecule has 0 fully saturated rings. The van der Waals surface area contributed by atoms with E-state index < -0.39 is 0 Å². The van der Waals surface area contributed by atoms with Crippen molar-refractivity contribution in [3.8, 4) is 0 Å². The first-order chi connectivity index (χ1) is 9.16. The highest BCUT2D eigenvalue weighted by atomic mass is 79.9. The van der Waals surface area contributed by atoms with Crippen LogP contribution in [0.25, 0.3) is 0 Å². The van der Waals surface area contributed by atoms with Crippen LogP contribution in [0.3, 0.4) is 0 Å². The number of fused-ring (bicyclic) bond motifs is 1. The molecule has 19 heavy (non-hydrogen) atoms. The maximum atomic E-state index is 12.5. The summed E-state index contributed by atoms with van der Waals surface area (Å²) in [5.74, 6) is 0.0519. The quantitative estimate of drug-likeness (QED) is 0.760. The van der Waals surface area contributed by atoms with Gasteiger partial charge in [0.15, 0.2) is 0 Å². The van der Waals surface area contributed by atoms with E-state index in [2.05, 4.69) is 15.9 Å². The van der Waals surface area contributed by atoms with E-state index in [1.54, 1.807) is 11.0 Å². The number of rotatable bonds is 1. The lowest BCUT2D eigenvalue weighted by molar-refractivity contribution is 0.0980. The van der Waals surface area contributed by atoms with Crippen LogP contribution < -0.4 is 4.90 Å². The Bertz CT molecular complexity index is 656. The number of nitrogens with zero attached hydrogens (tertiary/aromatic N) is 1. The molecular formula is C15H11BrClNO. The average Bonchev–Trinajstić information content (AvgIpc) is 2.43. The third-order valence-corrected chi connectivity index (χ3v) is 4.53. The van der Waals surface area contributed by atoms with Crippen LogP contribution in [0.5, 0.6) is 0 Å². The zero-order valence-corrected chi connectivity index (χ0v) is 12.4. The fourth-order valence-electron chi connectivity index (χ4n) is 2.33. The van der Waals surface area contributed by atoms with E-state index in [1.807, 2.05) is 36.4 Å². The van der Waals surface area contributed by atoms with Crippen LogP contribution in [0.1, 0.15) is 15.9 Å². The minimum atomic E-state index is 0.0519. The highest BCUT2D eigenvalue weighted by molar-refractivity contribution is 9.10. The van der Waals surface area contributed by atoms with Crippen LogP contribution in [0.2, 0.25) is 5.02 Å². The van der Waals surface area contributed by atoms with Crippen LogP contribution in [0.15, 0.2) is 46.9 Å². The van der Waals surface area contributed by atoms with Crippen LogP contribution in [0.4, 0.5) is 5.69 Å². The molecule has 0 radical (unpaired) electrons. The number of carbonyl (C=O) groups excluding carboxylic acids is 1. The Hall–Kier alpha value is -1.32. The molecule has 0 aliphatic carbocycles. The van der Waals surface area contributed by atoms with Gasteiger partial charge < -0.3 is 4.90 Å². The van der Waals surface area contributed by atoms with Gasteiger partial charge in [0.05, 0.1) is 5.02 Å². The lowest BCUT2D eigenvalue weighted by Crippen LogP contribution is -2.37.